The third-order valence-corrected chi connectivity index (χ3v) is 2.57. The number of aliphatic imine (C=N–C) groups is 1. The highest BCUT2D eigenvalue weighted by Gasteiger charge is 2.22. The van der Waals surface area contributed by atoms with E-state index in [-0.39, 0.29) is 5.92 Å². The van der Waals surface area contributed by atoms with Crippen molar-refractivity contribution in [3.63, 3.8) is 0 Å². The lowest BCUT2D eigenvalue weighted by molar-refractivity contribution is 0.266. The Morgan fingerprint density at radius 2 is 2.08 bits per heavy atom. The number of isocyanates is 1. The van der Waals surface area contributed by atoms with Gasteiger partial charge in [0.15, 0.2) is 0 Å². The van der Waals surface area contributed by atoms with Crippen molar-refractivity contribution in [2.45, 2.75) is 38.1 Å². The molecule has 0 aromatic heterocycles. The summed E-state index contributed by atoms with van der Waals surface area (Å²) in [6.07, 6.45) is 7.01. The van der Waals surface area contributed by atoms with Gasteiger partial charge in [-0.25, -0.2) is 9.18 Å². The topological polar surface area (TPSA) is 29.4 Å². The first kappa shape index (κ1) is 9.40. The molecule has 0 heterocycles. The minimum Gasteiger partial charge on any atom is -0.249 e. The average Bonchev–Trinajstić information content (AvgIpc) is 2.15. The maximum atomic E-state index is 12.4. The van der Waals surface area contributed by atoms with Crippen LogP contribution in [-0.4, -0.2) is 18.8 Å². The van der Waals surface area contributed by atoms with Crippen LogP contribution in [0.25, 0.3) is 0 Å². The smallest absolute Gasteiger partial charge is 0.235 e. The molecule has 2 nitrogen and oxygen atoms in total. The SMILES string of the molecule is O=C=NC(CF)C1CCCCC1. The van der Waals surface area contributed by atoms with Gasteiger partial charge in [-0.15, -0.1) is 0 Å². The summed E-state index contributed by atoms with van der Waals surface area (Å²) in [5.74, 6) is 0.283. The molecule has 3 heteroatoms. The Labute approximate surface area is 71.9 Å². The Kier molecular flexibility index (Phi) is 3.95. The summed E-state index contributed by atoms with van der Waals surface area (Å²) in [6, 6.07) is -0.414. The Hall–Kier alpha value is -0.690. The van der Waals surface area contributed by atoms with Crippen molar-refractivity contribution >= 4 is 6.08 Å². The van der Waals surface area contributed by atoms with E-state index in [0.29, 0.717) is 0 Å². The fraction of sp³-hybridized carbons (Fsp3) is 0.889. The number of alkyl halides is 1. The number of nitrogens with zero attached hydrogens (tertiary/aromatic N) is 1. The van der Waals surface area contributed by atoms with Gasteiger partial charge in [0, 0.05) is 0 Å². The van der Waals surface area contributed by atoms with Crippen LogP contribution in [-0.2, 0) is 4.79 Å². The van der Waals surface area contributed by atoms with Gasteiger partial charge in [0.2, 0.25) is 6.08 Å². The fourth-order valence-corrected chi connectivity index (χ4v) is 1.85. The van der Waals surface area contributed by atoms with Gasteiger partial charge in [0.25, 0.3) is 0 Å². The Morgan fingerprint density at radius 1 is 1.42 bits per heavy atom. The first-order valence-electron chi connectivity index (χ1n) is 4.51. The second-order valence-corrected chi connectivity index (χ2v) is 3.34. The van der Waals surface area contributed by atoms with Crippen molar-refractivity contribution in [2.24, 2.45) is 10.9 Å². The summed E-state index contributed by atoms with van der Waals surface area (Å²) in [7, 11) is 0. The van der Waals surface area contributed by atoms with E-state index in [1.807, 2.05) is 0 Å². The van der Waals surface area contributed by atoms with Crippen molar-refractivity contribution < 1.29 is 9.18 Å². The van der Waals surface area contributed by atoms with Gasteiger partial charge < -0.3 is 0 Å². The van der Waals surface area contributed by atoms with Crippen molar-refractivity contribution in [3.05, 3.63) is 0 Å². The predicted octanol–water partition coefficient (Wildman–Crippen LogP) is 2.24. The van der Waals surface area contributed by atoms with Crippen LogP contribution in [0, 0.1) is 5.92 Å². The maximum Gasteiger partial charge on any atom is 0.235 e. The lowest BCUT2D eigenvalue weighted by Crippen LogP contribution is -2.23. The number of carbonyl (C=O) groups excluding carboxylic acids is 1. The van der Waals surface area contributed by atoms with Gasteiger partial charge in [-0.1, -0.05) is 19.3 Å². The van der Waals surface area contributed by atoms with Gasteiger partial charge in [0.1, 0.15) is 6.67 Å². The lowest BCUT2D eigenvalue weighted by atomic mass is 9.84. The summed E-state index contributed by atoms with van der Waals surface area (Å²) in [6.45, 7) is -0.514. The molecule has 0 bridgehead atoms. The molecule has 1 fully saturated rings. The summed E-state index contributed by atoms with van der Waals surface area (Å²) < 4.78 is 12.4. The van der Waals surface area contributed by atoms with E-state index in [1.54, 1.807) is 0 Å². The molecule has 68 valence electrons. The van der Waals surface area contributed by atoms with Crippen molar-refractivity contribution in [2.75, 3.05) is 6.67 Å². The third kappa shape index (κ3) is 2.42. The van der Waals surface area contributed by atoms with E-state index in [9.17, 15) is 9.18 Å². The number of halogens is 1. The molecule has 0 aliphatic heterocycles. The first-order chi connectivity index (χ1) is 5.88. The van der Waals surface area contributed by atoms with E-state index >= 15 is 0 Å². The number of hydrogen-bond acceptors (Lipinski definition) is 2. The predicted molar refractivity (Wildman–Crippen MR) is 44.5 cm³/mol. The van der Waals surface area contributed by atoms with E-state index in [0.717, 1.165) is 25.7 Å². The highest BCUT2D eigenvalue weighted by Crippen LogP contribution is 2.27. The van der Waals surface area contributed by atoms with E-state index in [4.69, 9.17) is 0 Å². The molecule has 1 rings (SSSR count). The van der Waals surface area contributed by atoms with Crippen LogP contribution in [0.5, 0.6) is 0 Å². The van der Waals surface area contributed by atoms with Crippen molar-refractivity contribution in [3.8, 4) is 0 Å². The lowest BCUT2D eigenvalue weighted by Gasteiger charge is -2.24. The zero-order chi connectivity index (χ0) is 8.81. The van der Waals surface area contributed by atoms with Gasteiger partial charge in [-0.05, 0) is 18.8 Å². The molecule has 1 atom stereocenters. The molecule has 0 saturated heterocycles. The summed E-state index contributed by atoms with van der Waals surface area (Å²) in [5, 5.41) is 0. The molecule has 1 saturated carbocycles. The molecule has 0 N–H and O–H groups in total. The van der Waals surface area contributed by atoms with Gasteiger partial charge in [0.05, 0.1) is 6.04 Å². The monoisotopic (exact) mass is 171 g/mol. The van der Waals surface area contributed by atoms with Gasteiger partial charge >= 0.3 is 0 Å². The van der Waals surface area contributed by atoms with Crippen LogP contribution >= 0.6 is 0 Å². The van der Waals surface area contributed by atoms with Crippen LogP contribution in [0.1, 0.15) is 32.1 Å². The van der Waals surface area contributed by atoms with E-state index < -0.39 is 12.7 Å². The highest BCUT2D eigenvalue weighted by atomic mass is 19.1. The molecule has 1 unspecified atom stereocenters. The molecule has 0 spiro atoms. The molecular formula is C9H14FNO. The zero-order valence-corrected chi connectivity index (χ0v) is 7.13. The summed E-state index contributed by atoms with van der Waals surface area (Å²) >= 11 is 0. The highest BCUT2D eigenvalue weighted by molar-refractivity contribution is 5.33. The van der Waals surface area contributed by atoms with E-state index in [1.165, 1.54) is 12.5 Å². The third-order valence-electron chi connectivity index (χ3n) is 2.57. The van der Waals surface area contributed by atoms with Crippen LogP contribution < -0.4 is 0 Å². The van der Waals surface area contributed by atoms with Gasteiger partial charge in [-0.3, -0.25) is 0 Å². The molecule has 0 amide bonds. The van der Waals surface area contributed by atoms with Crippen LogP contribution in [0.15, 0.2) is 4.99 Å². The Morgan fingerprint density at radius 3 is 2.58 bits per heavy atom. The molecule has 1 aliphatic carbocycles. The molecule has 0 radical (unpaired) electrons. The average molecular weight is 171 g/mol. The quantitative estimate of drug-likeness (QED) is 0.473. The van der Waals surface area contributed by atoms with E-state index in [2.05, 4.69) is 4.99 Å². The summed E-state index contributed by atoms with van der Waals surface area (Å²) in [5.41, 5.74) is 0. The van der Waals surface area contributed by atoms with Crippen molar-refractivity contribution in [1.82, 2.24) is 0 Å². The molecule has 0 aromatic rings. The molecule has 0 aromatic carbocycles. The maximum absolute atomic E-state index is 12.4. The molecular weight excluding hydrogens is 157 g/mol. The molecule has 1 aliphatic rings. The number of rotatable bonds is 3. The van der Waals surface area contributed by atoms with Crippen LogP contribution in [0.4, 0.5) is 4.39 Å². The number of hydrogen-bond donors (Lipinski definition) is 0. The standard InChI is InChI=1S/C9H14FNO/c10-6-9(11-7-12)8-4-2-1-3-5-8/h8-9H,1-6H2. The normalized spacial score (nSPS) is 21.4. The van der Waals surface area contributed by atoms with Crippen LogP contribution in [0.2, 0.25) is 0 Å². The minimum absolute atomic E-state index is 0.283. The fourth-order valence-electron chi connectivity index (χ4n) is 1.85. The minimum atomic E-state index is -0.514. The largest absolute Gasteiger partial charge is 0.249 e. The van der Waals surface area contributed by atoms with Crippen LogP contribution in [0.3, 0.4) is 0 Å². The van der Waals surface area contributed by atoms with Crippen molar-refractivity contribution in [1.29, 1.82) is 0 Å². The first-order valence-corrected chi connectivity index (χ1v) is 4.51. The summed E-state index contributed by atoms with van der Waals surface area (Å²) in [4.78, 5) is 13.4. The second-order valence-electron chi connectivity index (χ2n) is 3.34. The second kappa shape index (κ2) is 5.04. The Bertz CT molecular complexity index is 171. The zero-order valence-electron chi connectivity index (χ0n) is 7.13. The van der Waals surface area contributed by atoms with Gasteiger partial charge in [-0.2, -0.15) is 4.99 Å². The molecule has 12 heavy (non-hydrogen) atoms. The Balaban J connectivity index is 2.45.